The third kappa shape index (κ3) is 5.62. The molecule has 1 saturated heterocycles. The van der Waals surface area contributed by atoms with Gasteiger partial charge in [0.25, 0.3) is 0 Å². The summed E-state index contributed by atoms with van der Waals surface area (Å²) >= 11 is 0. The van der Waals surface area contributed by atoms with E-state index in [1.54, 1.807) is 0 Å². The third-order valence-corrected chi connectivity index (χ3v) is 4.42. The average molecular weight is 325 g/mol. The van der Waals surface area contributed by atoms with Gasteiger partial charge in [-0.2, -0.15) is 0 Å². The Kier molecular flexibility index (Phi) is 7.91. The van der Waals surface area contributed by atoms with Crippen LogP contribution in [0.4, 0.5) is 0 Å². The van der Waals surface area contributed by atoms with Gasteiger partial charge >= 0.3 is 0 Å². The summed E-state index contributed by atoms with van der Waals surface area (Å²) in [5, 5.41) is 3.35. The first-order chi connectivity index (χ1) is 10.1. The number of halogens is 1. The van der Waals surface area contributed by atoms with Gasteiger partial charge in [-0.1, -0.05) is 38.1 Å². The van der Waals surface area contributed by atoms with Gasteiger partial charge in [-0.15, -0.1) is 12.4 Å². The number of nitrogens with zero attached hydrogens (tertiary/aromatic N) is 1. The Bertz CT molecular complexity index is 453. The lowest BCUT2D eigenvalue weighted by atomic mass is 10.0. The highest BCUT2D eigenvalue weighted by molar-refractivity contribution is 5.85. The Labute approximate surface area is 140 Å². The van der Waals surface area contributed by atoms with E-state index in [9.17, 15) is 4.79 Å². The van der Waals surface area contributed by atoms with Crippen LogP contribution in [0.15, 0.2) is 24.3 Å². The topological polar surface area (TPSA) is 32.3 Å². The van der Waals surface area contributed by atoms with E-state index in [-0.39, 0.29) is 18.3 Å². The molecule has 0 aromatic heterocycles. The van der Waals surface area contributed by atoms with E-state index in [1.807, 2.05) is 11.9 Å². The number of carbonyl (C=O) groups excluding carboxylic acids is 1. The summed E-state index contributed by atoms with van der Waals surface area (Å²) < 4.78 is 0. The van der Waals surface area contributed by atoms with Crippen LogP contribution >= 0.6 is 12.4 Å². The zero-order chi connectivity index (χ0) is 15.2. The van der Waals surface area contributed by atoms with Crippen LogP contribution in [0.25, 0.3) is 0 Å². The van der Waals surface area contributed by atoms with Gasteiger partial charge in [-0.25, -0.2) is 0 Å². The number of hydrogen-bond acceptors (Lipinski definition) is 2. The van der Waals surface area contributed by atoms with Crippen molar-refractivity contribution in [3.63, 3.8) is 0 Å². The predicted octanol–water partition coefficient (Wildman–Crippen LogP) is 3.58. The Balaban J connectivity index is 0.00000242. The molecule has 4 heteroatoms. The lowest BCUT2D eigenvalue weighted by Crippen LogP contribution is -2.26. The first kappa shape index (κ1) is 19.0. The highest BCUT2D eigenvalue weighted by atomic mass is 35.5. The molecule has 22 heavy (non-hydrogen) atoms. The molecular weight excluding hydrogens is 296 g/mol. The van der Waals surface area contributed by atoms with Crippen molar-refractivity contribution in [3.05, 3.63) is 35.4 Å². The van der Waals surface area contributed by atoms with Crippen molar-refractivity contribution in [2.24, 2.45) is 5.92 Å². The quantitative estimate of drug-likeness (QED) is 0.867. The van der Waals surface area contributed by atoms with Gasteiger partial charge in [0, 0.05) is 20.0 Å². The smallest absolute Gasteiger partial charge is 0.222 e. The van der Waals surface area contributed by atoms with Crippen LogP contribution in [-0.2, 0) is 11.3 Å². The van der Waals surface area contributed by atoms with Gasteiger partial charge in [0.05, 0.1) is 0 Å². The van der Waals surface area contributed by atoms with E-state index in [0.29, 0.717) is 24.8 Å². The fourth-order valence-electron chi connectivity index (χ4n) is 2.85. The van der Waals surface area contributed by atoms with Gasteiger partial charge in [0.1, 0.15) is 0 Å². The number of benzene rings is 1. The fraction of sp³-hybridized carbons (Fsp3) is 0.611. The van der Waals surface area contributed by atoms with E-state index in [0.717, 1.165) is 19.5 Å². The van der Waals surface area contributed by atoms with Crippen LogP contribution in [0, 0.1) is 5.92 Å². The molecule has 1 N–H and O–H groups in total. The number of amides is 1. The maximum atomic E-state index is 12.2. The molecule has 1 aromatic carbocycles. The second kappa shape index (κ2) is 9.16. The molecule has 0 spiro atoms. The molecule has 1 fully saturated rings. The van der Waals surface area contributed by atoms with Crippen molar-refractivity contribution in [2.75, 3.05) is 20.1 Å². The zero-order valence-electron chi connectivity index (χ0n) is 14.0. The molecule has 1 aromatic rings. The van der Waals surface area contributed by atoms with Gasteiger partial charge in [0.15, 0.2) is 0 Å². The third-order valence-electron chi connectivity index (χ3n) is 4.42. The molecule has 0 radical (unpaired) electrons. The van der Waals surface area contributed by atoms with Gasteiger partial charge < -0.3 is 10.2 Å². The van der Waals surface area contributed by atoms with E-state index in [4.69, 9.17) is 0 Å². The van der Waals surface area contributed by atoms with Crippen molar-refractivity contribution in [3.8, 4) is 0 Å². The molecule has 1 aliphatic rings. The van der Waals surface area contributed by atoms with E-state index in [1.165, 1.54) is 17.5 Å². The molecule has 0 aliphatic carbocycles. The largest absolute Gasteiger partial charge is 0.341 e. The Morgan fingerprint density at radius 3 is 2.55 bits per heavy atom. The van der Waals surface area contributed by atoms with Crippen molar-refractivity contribution >= 4 is 18.3 Å². The molecule has 1 aliphatic heterocycles. The summed E-state index contributed by atoms with van der Waals surface area (Å²) in [6, 6.07) is 8.62. The molecule has 1 atom stereocenters. The summed E-state index contributed by atoms with van der Waals surface area (Å²) in [4.78, 5) is 14.0. The molecule has 124 valence electrons. The van der Waals surface area contributed by atoms with Crippen LogP contribution in [0.1, 0.15) is 50.2 Å². The number of rotatable bonds is 6. The van der Waals surface area contributed by atoms with Gasteiger partial charge in [-0.3, -0.25) is 4.79 Å². The van der Waals surface area contributed by atoms with Crippen LogP contribution in [-0.4, -0.2) is 30.9 Å². The normalized spacial score (nSPS) is 17.4. The second-order valence-electron chi connectivity index (χ2n) is 6.54. The van der Waals surface area contributed by atoms with Crippen molar-refractivity contribution in [1.82, 2.24) is 10.2 Å². The lowest BCUT2D eigenvalue weighted by molar-refractivity contribution is -0.130. The number of hydrogen-bond donors (Lipinski definition) is 1. The minimum absolute atomic E-state index is 0. The van der Waals surface area contributed by atoms with Gasteiger partial charge in [-0.05, 0) is 48.9 Å². The Morgan fingerprint density at radius 2 is 2.00 bits per heavy atom. The second-order valence-corrected chi connectivity index (χ2v) is 6.54. The highest BCUT2D eigenvalue weighted by Crippen LogP contribution is 2.17. The predicted molar refractivity (Wildman–Crippen MR) is 94.5 cm³/mol. The average Bonchev–Trinajstić information content (AvgIpc) is 2.98. The van der Waals surface area contributed by atoms with Crippen molar-refractivity contribution in [2.45, 2.75) is 45.6 Å². The molecule has 0 saturated carbocycles. The van der Waals surface area contributed by atoms with Crippen molar-refractivity contribution in [1.29, 1.82) is 0 Å². The SMILES string of the molecule is CC(C)c1ccc(CN(C)C(=O)CCC2CCNC2)cc1.Cl. The number of nitrogens with one attached hydrogen (secondary N) is 1. The van der Waals surface area contributed by atoms with Crippen molar-refractivity contribution < 1.29 is 4.79 Å². The summed E-state index contributed by atoms with van der Waals surface area (Å²) in [6.07, 6.45) is 2.91. The lowest BCUT2D eigenvalue weighted by Gasteiger charge is -2.18. The molecule has 3 nitrogen and oxygen atoms in total. The minimum atomic E-state index is 0. The van der Waals surface area contributed by atoms with Gasteiger partial charge in [0.2, 0.25) is 5.91 Å². The molecule has 0 bridgehead atoms. The van der Waals surface area contributed by atoms with E-state index in [2.05, 4.69) is 43.4 Å². The van der Waals surface area contributed by atoms with Crippen LogP contribution < -0.4 is 5.32 Å². The molecule has 1 heterocycles. The summed E-state index contributed by atoms with van der Waals surface area (Å²) in [5.41, 5.74) is 2.55. The summed E-state index contributed by atoms with van der Waals surface area (Å²) in [5.74, 6) is 1.50. The summed E-state index contributed by atoms with van der Waals surface area (Å²) in [6.45, 7) is 7.29. The first-order valence-electron chi connectivity index (χ1n) is 8.09. The fourth-order valence-corrected chi connectivity index (χ4v) is 2.85. The molecule has 2 rings (SSSR count). The monoisotopic (exact) mass is 324 g/mol. The minimum Gasteiger partial charge on any atom is -0.341 e. The standard InChI is InChI=1S/C18H28N2O.ClH/c1-14(2)17-7-4-16(5-8-17)13-20(3)18(21)9-6-15-10-11-19-12-15;/h4-5,7-8,14-15,19H,6,9-13H2,1-3H3;1H. The Hall–Kier alpha value is -1.06. The highest BCUT2D eigenvalue weighted by Gasteiger charge is 2.17. The molecular formula is C18H29ClN2O. The zero-order valence-corrected chi connectivity index (χ0v) is 14.8. The van der Waals surface area contributed by atoms with E-state index < -0.39 is 0 Å². The molecule has 1 unspecified atom stereocenters. The van der Waals surface area contributed by atoms with Crippen LogP contribution in [0.5, 0.6) is 0 Å². The number of carbonyl (C=O) groups is 1. The van der Waals surface area contributed by atoms with Crippen LogP contribution in [0.2, 0.25) is 0 Å². The van der Waals surface area contributed by atoms with Crippen LogP contribution in [0.3, 0.4) is 0 Å². The van der Waals surface area contributed by atoms with E-state index >= 15 is 0 Å². The molecule has 1 amide bonds. The Morgan fingerprint density at radius 1 is 1.32 bits per heavy atom. The first-order valence-corrected chi connectivity index (χ1v) is 8.09. The summed E-state index contributed by atoms with van der Waals surface area (Å²) in [7, 11) is 1.91. The maximum Gasteiger partial charge on any atom is 0.222 e. The maximum absolute atomic E-state index is 12.2.